The monoisotopic (exact) mass is 183 g/mol. The fourth-order valence-electron chi connectivity index (χ4n) is 0. The van der Waals surface area contributed by atoms with Gasteiger partial charge in [0.25, 0.3) is 0 Å². The Bertz CT molecular complexity index is 55.9. The number of rotatable bonds is 0. The van der Waals surface area contributed by atoms with Crippen LogP contribution in [0.15, 0.2) is 0 Å². The molecule has 0 saturated heterocycles. The molecule has 0 fully saturated rings. The minimum Gasteiger partial charge on any atom is -0.412 e. The zero-order valence-corrected chi connectivity index (χ0v) is 6.56. The molecule has 0 atom stereocenters. The molecule has 0 aromatic rings. The fraction of sp³-hybridized carbons (Fsp3) is 0.500. The van der Waals surface area contributed by atoms with E-state index in [1.807, 2.05) is 0 Å². The third kappa shape index (κ3) is 4.43. The molecule has 0 aromatic carbocycles. The Morgan fingerprint density at radius 1 is 1.00 bits per heavy atom. The van der Waals surface area contributed by atoms with Crippen LogP contribution >= 0.6 is 0 Å². The first-order chi connectivity index (χ1) is 2.94. The molecule has 0 heterocycles. The van der Waals surface area contributed by atoms with Crippen LogP contribution in [-0.2, 0) is 19.5 Å². The summed E-state index contributed by atoms with van der Waals surface area (Å²) in [6.07, 6.45) is -8.92. The van der Waals surface area contributed by atoms with Crippen molar-refractivity contribution in [2.24, 2.45) is 0 Å². The molecule has 0 saturated carbocycles. The maximum Gasteiger partial charge on any atom is 0.326 e. The molecule has 0 spiro atoms. The van der Waals surface area contributed by atoms with Crippen LogP contribution in [0, 0.1) is 6.43 Å². The summed E-state index contributed by atoms with van der Waals surface area (Å²) in [5, 5.41) is 0. The van der Waals surface area contributed by atoms with Crippen LogP contribution in [0.5, 0.6) is 0 Å². The molecule has 0 aliphatic rings. The van der Waals surface area contributed by atoms with E-state index in [0.717, 1.165) is 0 Å². The van der Waals surface area contributed by atoms with Gasteiger partial charge in [-0.05, 0) is 0 Å². The molecule has 0 N–H and O–H groups in total. The van der Waals surface area contributed by atoms with Crippen LogP contribution in [0.4, 0.5) is 22.0 Å². The van der Waals surface area contributed by atoms with Gasteiger partial charge >= 0.3 is 6.18 Å². The Labute approximate surface area is 54.8 Å². The largest absolute Gasteiger partial charge is 0.412 e. The molecule has 0 nitrogen and oxygen atoms in total. The van der Waals surface area contributed by atoms with E-state index < -0.39 is 12.6 Å². The minimum atomic E-state index is -5.42. The van der Waals surface area contributed by atoms with Gasteiger partial charge in [-0.15, -0.1) is 0 Å². The summed E-state index contributed by atoms with van der Waals surface area (Å²) in [7, 11) is 0. The Kier molecular flexibility index (Phi) is 4.63. The van der Waals surface area contributed by atoms with E-state index in [0.29, 0.717) is 0 Å². The molecular weight excluding hydrogens is 184 g/mol. The van der Waals surface area contributed by atoms with E-state index in [2.05, 4.69) is 0 Å². The predicted molar refractivity (Wildman–Crippen MR) is 11.5 cm³/mol. The smallest absolute Gasteiger partial charge is 0.326 e. The van der Waals surface area contributed by atoms with E-state index in [1.165, 1.54) is 0 Å². The molecule has 0 rings (SSSR count). The molecule has 46 valence electrons. The maximum atomic E-state index is 10.4. The van der Waals surface area contributed by atoms with Crippen molar-refractivity contribution in [1.82, 2.24) is 0 Å². The molecule has 0 radical (unpaired) electrons. The van der Waals surface area contributed by atoms with E-state index in [-0.39, 0.29) is 19.5 Å². The summed E-state index contributed by atoms with van der Waals surface area (Å²) >= 11 is 0. The molecule has 0 unspecified atom stereocenters. The van der Waals surface area contributed by atoms with Gasteiger partial charge in [-0.25, -0.2) is 13.2 Å². The molecule has 0 amide bonds. The van der Waals surface area contributed by atoms with Gasteiger partial charge in [0.2, 0.25) is 0 Å². The van der Waals surface area contributed by atoms with Gasteiger partial charge in [0.15, 0.2) is 0 Å². The van der Waals surface area contributed by atoms with Crippen LogP contribution in [-0.4, -0.2) is 6.18 Å². The third-order valence-corrected chi connectivity index (χ3v) is 0.214. The zero-order chi connectivity index (χ0) is 6.08. The second-order valence-corrected chi connectivity index (χ2v) is 0.758. The number of alkyl halides is 3. The van der Waals surface area contributed by atoms with Crippen molar-refractivity contribution in [3.05, 3.63) is 6.43 Å². The van der Waals surface area contributed by atoms with Crippen molar-refractivity contribution >= 4 is 0 Å². The fourth-order valence-corrected chi connectivity index (χ4v) is 0. The number of hydrogen-bond acceptors (Lipinski definition) is 0. The van der Waals surface area contributed by atoms with Gasteiger partial charge in [0.1, 0.15) is 6.43 Å². The Balaban J connectivity index is 0. The number of halogens is 5. The summed E-state index contributed by atoms with van der Waals surface area (Å²) in [5.41, 5.74) is 0. The number of hydrogen-bond donors (Lipinski definition) is 0. The molecular formula is C2F5Zn-. The summed E-state index contributed by atoms with van der Waals surface area (Å²) in [6, 6.07) is 0. The summed E-state index contributed by atoms with van der Waals surface area (Å²) < 4.78 is 51.8. The average molecular weight is 184 g/mol. The normalized spacial score (nSPS) is 11.2. The van der Waals surface area contributed by atoms with Crippen molar-refractivity contribution in [1.29, 1.82) is 0 Å². The second-order valence-electron chi connectivity index (χ2n) is 0.758. The molecule has 8 heavy (non-hydrogen) atoms. The van der Waals surface area contributed by atoms with Crippen LogP contribution in [0.2, 0.25) is 0 Å². The van der Waals surface area contributed by atoms with Gasteiger partial charge in [-0.2, -0.15) is 0 Å². The topological polar surface area (TPSA) is 0 Å². The molecule has 0 aromatic heterocycles. The Hall–Kier alpha value is 0.273. The van der Waals surface area contributed by atoms with Crippen molar-refractivity contribution < 1.29 is 41.4 Å². The maximum absolute atomic E-state index is 10.4. The van der Waals surface area contributed by atoms with Gasteiger partial charge < -0.3 is 8.78 Å². The Morgan fingerprint density at radius 2 is 1.12 bits per heavy atom. The van der Waals surface area contributed by atoms with E-state index in [9.17, 15) is 22.0 Å². The van der Waals surface area contributed by atoms with Crippen molar-refractivity contribution in [3.63, 3.8) is 0 Å². The standard InChI is InChI=1S/C2F5.Zn/c3-1(4)2(5,6)7;/q-1;. The third-order valence-electron chi connectivity index (χ3n) is 0.214. The first-order valence-electron chi connectivity index (χ1n) is 1.19. The summed E-state index contributed by atoms with van der Waals surface area (Å²) in [4.78, 5) is 0. The SMILES string of the molecule is F[C-](F)C(F)(F)F.[Zn]. The molecule has 6 heteroatoms. The predicted octanol–water partition coefficient (Wildman–Crippen LogP) is 1.97. The molecule has 0 aliphatic heterocycles. The van der Waals surface area contributed by atoms with Gasteiger partial charge in [-0.3, -0.25) is 0 Å². The van der Waals surface area contributed by atoms with Gasteiger partial charge in [0.05, 0.1) is 0 Å². The molecule has 0 bridgehead atoms. The minimum absolute atomic E-state index is 0. The second kappa shape index (κ2) is 3.33. The van der Waals surface area contributed by atoms with Gasteiger partial charge in [0, 0.05) is 19.5 Å². The Morgan fingerprint density at radius 3 is 1.12 bits per heavy atom. The van der Waals surface area contributed by atoms with E-state index in [1.54, 1.807) is 0 Å². The van der Waals surface area contributed by atoms with E-state index >= 15 is 0 Å². The molecule has 0 aliphatic carbocycles. The van der Waals surface area contributed by atoms with E-state index in [4.69, 9.17) is 0 Å². The van der Waals surface area contributed by atoms with Crippen LogP contribution in [0.1, 0.15) is 0 Å². The first-order valence-corrected chi connectivity index (χ1v) is 1.19. The average Bonchev–Trinajstić information content (AvgIpc) is 1.31. The van der Waals surface area contributed by atoms with Crippen LogP contribution in [0.3, 0.4) is 0 Å². The van der Waals surface area contributed by atoms with Crippen molar-refractivity contribution in [3.8, 4) is 0 Å². The van der Waals surface area contributed by atoms with Crippen molar-refractivity contribution in [2.75, 3.05) is 0 Å². The van der Waals surface area contributed by atoms with Crippen LogP contribution in [0.25, 0.3) is 0 Å². The zero-order valence-electron chi connectivity index (χ0n) is 3.60. The van der Waals surface area contributed by atoms with Crippen molar-refractivity contribution in [2.45, 2.75) is 6.18 Å². The quantitative estimate of drug-likeness (QED) is 0.307. The summed E-state index contributed by atoms with van der Waals surface area (Å²) in [6.45, 7) is 0. The van der Waals surface area contributed by atoms with Crippen LogP contribution < -0.4 is 0 Å². The first kappa shape index (κ1) is 11.1. The summed E-state index contributed by atoms with van der Waals surface area (Å²) in [5.74, 6) is 0. The van der Waals surface area contributed by atoms with Gasteiger partial charge in [-0.1, -0.05) is 0 Å².